The molecule has 0 saturated heterocycles. The summed E-state index contributed by atoms with van der Waals surface area (Å²) >= 11 is 18.9. The zero-order valence-electron chi connectivity index (χ0n) is 25.0. The minimum Gasteiger partial charge on any atom is -0.490 e. The van der Waals surface area contributed by atoms with Gasteiger partial charge in [0.2, 0.25) is 0 Å². The van der Waals surface area contributed by atoms with E-state index in [0.29, 0.717) is 0 Å². The summed E-state index contributed by atoms with van der Waals surface area (Å²) in [4.78, 5) is 0. The van der Waals surface area contributed by atoms with Crippen LogP contribution in [0.4, 0.5) is 0 Å². The van der Waals surface area contributed by atoms with Crippen molar-refractivity contribution >= 4 is 117 Å². The molecule has 0 bridgehead atoms. The number of hydrogen-bond donors (Lipinski definition) is 0. The van der Waals surface area contributed by atoms with Crippen LogP contribution < -0.4 is 9.47 Å². The van der Waals surface area contributed by atoms with Crippen molar-refractivity contribution < 1.29 is 9.47 Å². The van der Waals surface area contributed by atoms with Crippen molar-refractivity contribution in [1.29, 1.82) is 0 Å². The van der Waals surface area contributed by atoms with Crippen molar-refractivity contribution in [3.05, 3.63) is 28.7 Å². The Kier molecular flexibility index (Phi) is 15.3. The average Bonchev–Trinajstić information content (AvgIpc) is 3.45. The van der Waals surface area contributed by atoms with E-state index in [1.807, 2.05) is 0 Å². The number of hydrogen-bond acceptors (Lipinski definition) is 4. The van der Waals surface area contributed by atoms with E-state index in [0.717, 1.165) is 54.1 Å². The van der Waals surface area contributed by atoms with Crippen LogP contribution in [0.15, 0.2) is 28.7 Å². The fourth-order valence-corrected chi connectivity index (χ4v) is 10.6. The number of benzene rings is 2. The Morgan fingerprint density at radius 2 is 0.833 bits per heavy atom. The molecule has 4 rings (SSSR count). The maximum absolute atomic E-state index is 6.50. The summed E-state index contributed by atoms with van der Waals surface area (Å²) in [6, 6.07) is 4.46. The molecule has 2 aromatic carbocycles. The topological polar surface area (TPSA) is 18.5 Å². The van der Waals surface area contributed by atoms with Crippen LogP contribution in [0, 0.1) is 0 Å². The van der Waals surface area contributed by atoms with Crippen molar-refractivity contribution in [3.63, 3.8) is 0 Å². The van der Waals surface area contributed by atoms with Crippen LogP contribution in [0.25, 0.3) is 30.9 Å². The molecule has 0 spiro atoms. The van der Waals surface area contributed by atoms with E-state index in [2.05, 4.69) is 89.7 Å². The van der Waals surface area contributed by atoms with Gasteiger partial charge >= 0.3 is 0 Å². The summed E-state index contributed by atoms with van der Waals surface area (Å²) in [5.74, 6) is 1.73. The third kappa shape index (κ3) is 9.11. The smallest absolute Gasteiger partial charge is 0.161 e. The SMILES string of the molecule is CCCCCCCCCCOc1cc2c(cc1OCCCCCCCCCC)c1c(Br)c(Br)sc1c1sc(Br)c(Br)c21. The summed E-state index contributed by atoms with van der Waals surface area (Å²) in [5, 5.41) is 4.87. The molecule has 42 heavy (non-hydrogen) atoms. The Morgan fingerprint density at radius 1 is 0.500 bits per heavy atom. The van der Waals surface area contributed by atoms with Crippen LogP contribution >= 0.6 is 86.4 Å². The number of unbranched alkanes of at least 4 members (excludes halogenated alkanes) is 14. The monoisotopic (exact) mass is 864 g/mol. The van der Waals surface area contributed by atoms with E-state index in [-0.39, 0.29) is 0 Å². The molecule has 0 fully saturated rings. The zero-order valence-corrected chi connectivity index (χ0v) is 33.0. The molecule has 0 aliphatic heterocycles. The highest BCUT2D eigenvalue weighted by Crippen LogP contribution is 2.54. The van der Waals surface area contributed by atoms with Gasteiger partial charge in [-0.1, -0.05) is 104 Å². The first-order valence-electron chi connectivity index (χ1n) is 15.9. The maximum Gasteiger partial charge on any atom is 0.161 e. The predicted molar refractivity (Wildman–Crippen MR) is 202 cm³/mol. The van der Waals surface area contributed by atoms with Gasteiger partial charge in [-0.3, -0.25) is 0 Å². The van der Waals surface area contributed by atoms with Crippen LogP contribution in [0.3, 0.4) is 0 Å². The molecule has 0 aliphatic rings. The van der Waals surface area contributed by atoms with Crippen LogP contribution in [-0.2, 0) is 0 Å². The fraction of sp³-hybridized carbons (Fsp3) is 0.588. The lowest BCUT2D eigenvalue weighted by Gasteiger charge is -2.16. The summed E-state index contributed by atoms with van der Waals surface area (Å²) < 4.78 is 20.0. The quantitative estimate of drug-likeness (QED) is 0.0824. The molecule has 0 unspecified atom stereocenters. The van der Waals surface area contributed by atoms with Crippen LogP contribution in [0.1, 0.15) is 117 Å². The standard InChI is InChI=1S/C34H44Br4O2S2/c1-3-5-7-9-11-13-15-17-19-39-25-21-23-24(22-26(25)40-20-18-16-14-12-10-8-6-4-2)28-30(36)34(38)42-32(28)31-27(23)29(35)33(37)41-31/h21-22H,3-20H2,1-2H3. The van der Waals surface area contributed by atoms with E-state index >= 15 is 0 Å². The van der Waals surface area contributed by atoms with Gasteiger partial charge in [0.1, 0.15) is 0 Å². The minimum atomic E-state index is 0.724. The lowest BCUT2D eigenvalue weighted by Crippen LogP contribution is -2.03. The van der Waals surface area contributed by atoms with Gasteiger partial charge < -0.3 is 9.47 Å². The average molecular weight is 868 g/mol. The molecule has 0 radical (unpaired) electrons. The van der Waals surface area contributed by atoms with E-state index in [1.165, 1.54) is 121 Å². The largest absolute Gasteiger partial charge is 0.490 e. The Labute approximate surface area is 294 Å². The first-order chi connectivity index (χ1) is 20.5. The molecule has 2 aromatic heterocycles. The number of rotatable bonds is 20. The number of halogens is 4. The second-order valence-corrected chi connectivity index (χ2v) is 17.5. The lowest BCUT2D eigenvalue weighted by atomic mass is 10.0. The van der Waals surface area contributed by atoms with E-state index in [9.17, 15) is 0 Å². The van der Waals surface area contributed by atoms with Gasteiger partial charge in [0.15, 0.2) is 11.5 Å². The van der Waals surface area contributed by atoms with Gasteiger partial charge in [0.05, 0.1) is 39.1 Å². The van der Waals surface area contributed by atoms with Crippen LogP contribution in [0.2, 0.25) is 0 Å². The van der Waals surface area contributed by atoms with Crippen LogP contribution in [0.5, 0.6) is 11.5 Å². The number of fused-ring (bicyclic) bond motifs is 6. The predicted octanol–water partition coefficient (Wildman–Crippen LogP) is 15.4. The van der Waals surface area contributed by atoms with Gasteiger partial charge in [-0.2, -0.15) is 0 Å². The summed E-state index contributed by atoms with van der Waals surface area (Å²) in [6.45, 7) is 6.00. The van der Waals surface area contributed by atoms with E-state index in [1.54, 1.807) is 22.7 Å². The Morgan fingerprint density at radius 3 is 1.19 bits per heavy atom. The highest BCUT2D eigenvalue weighted by atomic mass is 79.9. The van der Waals surface area contributed by atoms with E-state index in [4.69, 9.17) is 9.47 Å². The second kappa shape index (κ2) is 18.3. The molecular weight excluding hydrogens is 824 g/mol. The molecule has 0 atom stereocenters. The third-order valence-electron chi connectivity index (χ3n) is 7.96. The molecule has 0 amide bonds. The molecule has 2 nitrogen and oxygen atoms in total. The third-order valence-corrected chi connectivity index (χ3v) is 15.0. The van der Waals surface area contributed by atoms with Crippen molar-refractivity contribution in [3.8, 4) is 11.5 Å². The molecule has 232 valence electrons. The second-order valence-electron chi connectivity index (χ2n) is 11.3. The highest BCUT2D eigenvalue weighted by Gasteiger charge is 2.23. The van der Waals surface area contributed by atoms with Gasteiger partial charge in [-0.25, -0.2) is 0 Å². The lowest BCUT2D eigenvalue weighted by molar-refractivity contribution is 0.259. The Hall–Kier alpha value is 0.140. The molecular formula is C34H44Br4O2S2. The van der Waals surface area contributed by atoms with Crippen LogP contribution in [-0.4, -0.2) is 13.2 Å². The van der Waals surface area contributed by atoms with Gasteiger partial charge in [0.25, 0.3) is 0 Å². The van der Waals surface area contributed by atoms with Gasteiger partial charge in [-0.05, 0) is 99.5 Å². The number of ether oxygens (including phenoxy) is 2. The summed E-state index contributed by atoms with van der Waals surface area (Å²) in [5.41, 5.74) is 0. The fourth-order valence-electron chi connectivity index (χ4n) is 5.60. The van der Waals surface area contributed by atoms with Gasteiger partial charge in [0, 0.05) is 10.8 Å². The van der Waals surface area contributed by atoms with Crippen molar-refractivity contribution in [2.24, 2.45) is 0 Å². The minimum absolute atomic E-state index is 0.724. The molecule has 0 aliphatic carbocycles. The summed E-state index contributed by atoms with van der Waals surface area (Å²) in [7, 11) is 0. The normalized spacial score (nSPS) is 11.9. The van der Waals surface area contributed by atoms with Crippen molar-refractivity contribution in [2.75, 3.05) is 13.2 Å². The summed E-state index contributed by atoms with van der Waals surface area (Å²) in [6.07, 6.45) is 20.7. The van der Waals surface area contributed by atoms with Crippen molar-refractivity contribution in [1.82, 2.24) is 0 Å². The molecule has 0 saturated carbocycles. The van der Waals surface area contributed by atoms with Gasteiger partial charge in [-0.15, -0.1) is 22.7 Å². The number of thiophene rings is 2. The maximum atomic E-state index is 6.50. The first-order valence-corrected chi connectivity index (χ1v) is 20.7. The molecule has 4 aromatic rings. The zero-order chi connectivity index (χ0) is 29.9. The van der Waals surface area contributed by atoms with Crippen molar-refractivity contribution in [2.45, 2.75) is 117 Å². The molecule has 2 heterocycles. The molecule has 0 N–H and O–H groups in total. The Balaban J connectivity index is 1.54. The first kappa shape index (κ1) is 35.0. The highest BCUT2D eigenvalue weighted by molar-refractivity contribution is 9.14. The molecule has 8 heteroatoms. The Bertz CT molecular complexity index is 1320. The van der Waals surface area contributed by atoms with E-state index < -0.39 is 0 Å².